The molecular weight excluding hydrogens is 549 g/mol. The zero-order chi connectivity index (χ0) is 25.5. The summed E-state index contributed by atoms with van der Waals surface area (Å²) in [6.45, 7) is 2.15. The summed E-state index contributed by atoms with van der Waals surface area (Å²) in [6, 6.07) is 9.68. The van der Waals surface area contributed by atoms with E-state index >= 15 is 0 Å². The number of nitrogens with one attached hydrogen (secondary N) is 1. The minimum atomic E-state index is -0.767. The normalized spacial score (nSPS) is 19.5. The Morgan fingerprint density at radius 3 is 2.53 bits per heavy atom. The molecule has 2 atom stereocenters. The van der Waals surface area contributed by atoms with Crippen molar-refractivity contribution in [2.75, 3.05) is 32.0 Å². The van der Waals surface area contributed by atoms with Crippen molar-refractivity contribution in [3.8, 4) is 5.75 Å². The fourth-order valence-electron chi connectivity index (χ4n) is 3.91. The van der Waals surface area contributed by atoms with Crippen LogP contribution < -0.4 is 9.46 Å². The number of ether oxygens (including phenoxy) is 2. The Balaban J connectivity index is 1.37. The van der Waals surface area contributed by atoms with Gasteiger partial charge in [-0.3, -0.25) is 14.4 Å². The lowest BCUT2D eigenvalue weighted by atomic mass is 10.1. The number of carbonyl (C=O) groups excluding carboxylic acids is 1. The van der Waals surface area contributed by atoms with Gasteiger partial charge in [0.15, 0.2) is 5.75 Å². The lowest BCUT2D eigenvalue weighted by Crippen LogP contribution is -2.49. The van der Waals surface area contributed by atoms with Gasteiger partial charge in [-0.25, -0.2) is 8.78 Å². The summed E-state index contributed by atoms with van der Waals surface area (Å²) >= 11 is 15.7. The summed E-state index contributed by atoms with van der Waals surface area (Å²) in [5.74, 6) is 0.483. The molecule has 2 aromatic carbocycles. The summed E-state index contributed by atoms with van der Waals surface area (Å²) in [4.78, 5) is 16.0. The number of alkyl halides is 1. The second-order valence-corrected chi connectivity index (χ2v) is 11.6. The molecule has 2 aromatic rings. The van der Waals surface area contributed by atoms with Crippen LogP contribution in [0.2, 0.25) is 10.0 Å². The third kappa shape index (κ3) is 8.13. The number of thioether (sulfide) groups is 1. The van der Waals surface area contributed by atoms with E-state index in [4.69, 9.17) is 32.7 Å². The molecule has 2 aliphatic rings. The average Bonchev–Trinajstić information content (AvgIpc) is 2.86. The van der Waals surface area contributed by atoms with Gasteiger partial charge in [0.25, 0.3) is 5.91 Å². The molecule has 36 heavy (non-hydrogen) atoms. The van der Waals surface area contributed by atoms with Crippen molar-refractivity contribution in [1.82, 2.24) is 9.62 Å². The molecule has 1 amide bonds. The molecule has 0 bridgehead atoms. The Labute approximate surface area is 228 Å². The van der Waals surface area contributed by atoms with Crippen LogP contribution in [0.15, 0.2) is 46.2 Å². The predicted octanol–water partition coefficient (Wildman–Crippen LogP) is 6.41. The molecule has 2 aliphatic heterocycles. The number of benzene rings is 2. The molecule has 0 aliphatic carbocycles. The minimum absolute atomic E-state index is 0.174. The van der Waals surface area contributed by atoms with E-state index in [0.29, 0.717) is 65.5 Å². The monoisotopic (exact) mass is 576 g/mol. The van der Waals surface area contributed by atoms with Gasteiger partial charge in [-0.1, -0.05) is 23.2 Å². The molecule has 2 unspecified atom stereocenters. The second kappa shape index (κ2) is 13.5. The Morgan fingerprint density at radius 2 is 1.89 bits per heavy atom. The number of carbonyl (C=O) groups is 1. The van der Waals surface area contributed by atoms with Crippen LogP contribution in [0.1, 0.15) is 25.7 Å². The molecule has 11 heteroatoms. The van der Waals surface area contributed by atoms with Crippen molar-refractivity contribution >= 4 is 52.8 Å². The van der Waals surface area contributed by atoms with Gasteiger partial charge in [0.2, 0.25) is 0 Å². The first-order valence-corrected chi connectivity index (χ1v) is 14.4. The first-order valence-electron chi connectivity index (χ1n) is 11.9. The smallest absolute Gasteiger partial charge is 0.259 e. The highest BCUT2D eigenvalue weighted by atomic mass is 35.5. The summed E-state index contributed by atoms with van der Waals surface area (Å²) in [7, 11) is 0. The molecule has 196 valence electrons. The molecule has 5 nitrogen and oxygen atoms in total. The van der Waals surface area contributed by atoms with Gasteiger partial charge in [0.05, 0.1) is 10.0 Å². The number of halogens is 4. The highest BCUT2D eigenvalue weighted by Gasteiger charge is 2.27. The van der Waals surface area contributed by atoms with Gasteiger partial charge >= 0.3 is 0 Å². The highest BCUT2D eigenvalue weighted by molar-refractivity contribution is 7.99. The van der Waals surface area contributed by atoms with Crippen LogP contribution in [-0.4, -0.2) is 61.2 Å². The van der Waals surface area contributed by atoms with Crippen molar-refractivity contribution in [3.05, 3.63) is 52.3 Å². The Hall–Kier alpha value is -1.23. The molecule has 0 aromatic heterocycles. The highest BCUT2D eigenvalue weighted by Crippen LogP contribution is 2.38. The summed E-state index contributed by atoms with van der Waals surface area (Å²) in [5.41, 5.74) is 0. The van der Waals surface area contributed by atoms with Crippen molar-refractivity contribution in [1.29, 1.82) is 0 Å². The fourth-order valence-corrected chi connectivity index (χ4v) is 6.26. The van der Waals surface area contributed by atoms with E-state index in [1.54, 1.807) is 36.0 Å². The average molecular weight is 578 g/mol. The molecule has 0 saturated carbocycles. The topological polar surface area (TPSA) is 50.8 Å². The lowest BCUT2D eigenvalue weighted by molar-refractivity contribution is -0.133. The largest absolute Gasteiger partial charge is 0.486 e. The minimum Gasteiger partial charge on any atom is -0.486 e. The molecule has 0 spiro atoms. The third-order valence-electron chi connectivity index (χ3n) is 5.93. The van der Waals surface area contributed by atoms with Gasteiger partial charge in [0, 0.05) is 41.8 Å². The predicted molar refractivity (Wildman–Crippen MR) is 142 cm³/mol. The van der Waals surface area contributed by atoms with Crippen molar-refractivity contribution in [2.45, 2.75) is 53.9 Å². The van der Waals surface area contributed by atoms with Crippen LogP contribution in [0.25, 0.3) is 0 Å². The molecule has 2 fully saturated rings. The molecule has 2 saturated heterocycles. The molecule has 1 N–H and O–H groups in total. The first-order chi connectivity index (χ1) is 17.4. The number of nitrogens with zero attached hydrogens (tertiary/aromatic N) is 1. The number of rotatable bonds is 11. The van der Waals surface area contributed by atoms with Crippen LogP contribution in [-0.2, 0) is 9.53 Å². The maximum atomic E-state index is 13.2. The number of likely N-dealkylation sites (tertiary alicyclic amines) is 1. The lowest BCUT2D eigenvalue weighted by Gasteiger charge is -2.35. The van der Waals surface area contributed by atoms with E-state index in [2.05, 4.69) is 4.72 Å². The van der Waals surface area contributed by atoms with Gasteiger partial charge in [0.1, 0.15) is 24.2 Å². The zero-order valence-electron chi connectivity index (χ0n) is 19.6. The number of hydrogen-bond donors (Lipinski definition) is 1. The molecule has 2 heterocycles. The number of hydrogen-bond acceptors (Lipinski definition) is 6. The van der Waals surface area contributed by atoms with Crippen molar-refractivity contribution < 1.29 is 23.0 Å². The molecule has 0 radical (unpaired) electrons. The summed E-state index contributed by atoms with van der Waals surface area (Å²) in [5, 5.41) is 0.662. The van der Waals surface area contributed by atoms with Crippen LogP contribution in [0.4, 0.5) is 8.78 Å². The Bertz CT molecular complexity index is 1000. The first kappa shape index (κ1) is 27.8. The molecule has 4 rings (SSSR count). The molecular formula is C25H28Cl2F2N2O3S2. The van der Waals surface area contributed by atoms with Crippen molar-refractivity contribution in [2.24, 2.45) is 0 Å². The van der Waals surface area contributed by atoms with E-state index in [1.807, 2.05) is 4.90 Å². The summed E-state index contributed by atoms with van der Waals surface area (Å²) < 4.78 is 41.0. The fraction of sp³-hybridized carbons (Fsp3) is 0.480. The van der Waals surface area contributed by atoms with E-state index < -0.39 is 12.3 Å². The third-order valence-corrected chi connectivity index (χ3v) is 8.41. The van der Waals surface area contributed by atoms with Crippen molar-refractivity contribution in [3.63, 3.8) is 0 Å². The quantitative estimate of drug-likeness (QED) is 0.246. The maximum absolute atomic E-state index is 13.2. The maximum Gasteiger partial charge on any atom is 0.259 e. The van der Waals surface area contributed by atoms with E-state index in [1.165, 1.54) is 12.1 Å². The number of amides is 1. The van der Waals surface area contributed by atoms with Crippen LogP contribution >= 0.6 is 46.9 Å². The van der Waals surface area contributed by atoms with Crippen LogP contribution in [0, 0.1) is 5.82 Å². The van der Waals surface area contributed by atoms with Crippen LogP contribution in [0.5, 0.6) is 5.75 Å². The van der Waals surface area contributed by atoms with Crippen LogP contribution in [0.3, 0.4) is 0 Å². The van der Waals surface area contributed by atoms with Gasteiger partial charge in [-0.05, 0) is 74.0 Å². The Morgan fingerprint density at radius 1 is 1.17 bits per heavy atom. The van der Waals surface area contributed by atoms with Gasteiger partial charge in [-0.15, -0.1) is 11.8 Å². The van der Waals surface area contributed by atoms with E-state index in [-0.39, 0.29) is 17.8 Å². The zero-order valence-corrected chi connectivity index (χ0v) is 22.7. The van der Waals surface area contributed by atoms with Gasteiger partial charge < -0.3 is 9.47 Å². The Kier molecular flexibility index (Phi) is 10.4. The van der Waals surface area contributed by atoms with Gasteiger partial charge in [-0.2, -0.15) is 0 Å². The van der Waals surface area contributed by atoms with E-state index in [0.717, 1.165) is 29.7 Å². The van der Waals surface area contributed by atoms with E-state index in [9.17, 15) is 13.6 Å². The second-order valence-electron chi connectivity index (χ2n) is 8.79. The summed E-state index contributed by atoms with van der Waals surface area (Å²) in [6.07, 6.45) is 1.86. The SMILES string of the molecule is O=C(NSc1cc(Cl)c(OC(CCN2CC(F)C2)CSc2ccc(F)cc2)c(Cl)c1)C1CCCCO1. The standard InChI is InChI=1S/C25H28Cl2F2N2O3S2/c26-21-11-20(36-30-25(32)23-3-1-2-10-33-23)12-22(27)24(21)34-18(8-9-31-13-17(29)14-31)15-35-19-6-4-16(28)5-7-19/h4-7,11-12,17-18,23H,1-3,8-10,13-15H2,(H,30,32).